The highest BCUT2D eigenvalue weighted by molar-refractivity contribution is 5.53. The van der Waals surface area contributed by atoms with E-state index in [1.54, 1.807) is 6.07 Å². The van der Waals surface area contributed by atoms with Gasteiger partial charge in [-0.05, 0) is 42.7 Å². The summed E-state index contributed by atoms with van der Waals surface area (Å²) in [6, 6.07) is 10.2. The smallest absolute Gasteiger partial charge is 0.175 e. The number of rotatable bonds is 11. The van der Waals surface area contributed by atoms with Gasteiger partial charge in [0.15, 0.2) is 6.29 Å². The van der Waals surface area contributed by atoms with E-state index >= 15 is 0 Å². The summed E-state index contributed by atoms with van der Waals surface area (Å²) in [5.41, 5.74) is 4.79. The maximum atomic E-state index is 14.5. The summed E-state index contributed by atoms with van der Waals surface area (Å²) in [6.07, 6.45) is 3.74. The second-order valence-corrected chi connectivity index (χ2v) is 9.05. The molecule has 2 aliphatic heterocycles. The maximum absolute atomic E-state index is 14.5. The molecule has 0 spiro atoms. The molecule has 0 aromatic heterocycles. The van der Waals surface area contributed by atoms with Gasteiger partial charge in [0.1, 0.15) is 11.6 Å². The van der Waals surface area contributed by atoms with Crippen molar-refractivity contribution in [2.75, 3.05) is 38.2 Å². The highest BCUT2D eigenvalue weighted by Gasteiger charge is 2.34. The summed E-state index contributed by atoms with van der Waals surface area (Å²) >= 11 is 0. The van der Waals surface area contributed by atoms with Crippen molar-refractivity contribution in [2.45, 2.75) is 32.6 Å². The third-order valence-electron chi connectivity index (χ3n) is 6.58. The van der Waals surface area contributed by atoms with Crippen LogP contribution in [0.5, 0.6) is 0 Å². The number of ether oxygens (including phenoxy) is 1. The highest BCUT2D eigenvalue weighted by atomic mass is 19.1. The lowest BCUT2D eigenvalue weighted by Crippen LogP contribution is -2.48. The summed E-state index contributed by atoms with van der Waals surface area (Å²) in [5.74, 6) is -1.21. The topological polar surface area (TPSA) is 60.6 Å². The van der Waals surface area contributed by atoms with Crippen LogP contribution >= 0.6 is 0 Å². The molecule has 3 atom stereocenters. The maximum Gasteiger partial charge on any atom is 0.175 e. The highest BCUT2D eigenvalue weighted by Crippen LogP contribution is 2.34. The largest absolute Gasteiger partial charge is 0.382 e. The lowest BCUT2D eigenvalue weighted by atomic mass is 9.86. The van der Waals surface area contributed by atoms with Crippen LogP contribution in [0.2, 0.25) is 0 Å². The minimum atomic E-state index is -0.564. The molecule has 6 nitrogen and oxygen atoms in total. The molecule has 2 unspecified atom stereocenters. The van der Waals surface area contributed by atoms with Crippen molar-refractivity contribution in [2.24, 2.45) is 5.92 Å². The molecule has 2 heterocycles. The first-order valence-corrected chi connectivity index (χ1v) is 12.2. The molecule has 35 heavy (non-hydrogen) atoms. The molecule has 0 radical (unpaired) electrons. The standard InChI is InChI=1S/C27H35F2N5O/c1-4-35-12-10-31-26-13-18(2)5-6-20(26)17-34-11-9-32-27(34)33-19(3)23-15-30-16-24(23)22-8-7-21(28)14-25(22)29/h5-9,11,13-14,23-24,27,30-33H,3-4,10,12,15-17H2,1-2H3/t23?,24-,27?/m0/s1. The van der Waals surface area contributed by atoms with E-state index in [-0.39, 0.29) is 18.1 Å². The molecule has 4 N–H and O–H groups in total. The predicted molar refractivity (Wildman–Crippen MR) is 136 cm³/mol. The molecular formula is C27H35F2N5O. The Morgan fingerprint density at radius 3 is 2.86 bits per heavy atom. The minimum absolute atomic E-state index is 0.0191. The van der Waals surface area contributed by atoms with Crippen molar-refractivity contribution in [1.82, 2.24) is 20.9 Å². The number of nitrogens with one attached hydrogen (secondary N) is 4. The van der Waals surface area contributed by atoms with Crippen molar-refractivity contribution < 1.29 is 13.5 Å². The van der Waals surface area contributed by atoms with Gasteiger partial charge in [0, 0.05) is 74.5 Å². The van der Waals surface area contributed by atoms with Gasteiger partial charge in [0.25, 0.3) is 0 Å². The van der Waals surface area contributed by atoms with Crippen molar-refractivity contribution >= 4 is 5.69 Å². The summed E-state index contributed by atoms with van der Waals surface area (Å²) < 4.78 is 33.4. The molecular weight excluding hydrogens is 448 g/mol. The Bertz CT molecular complexity index is 1060. The lowest BCUT2D eigenvalue weighted by Gasteiger charge is -2.31. The number of hydrogen-bond donors (Lipinski definition) is 4. The van der Waals surface area contributed by atoms with Gasteiger partial charge in [-0.2, -0.15) is 0 Å². The van der Waals surface area contributed by atoms with Gasteiger partial charge >= 0.3 is 0 Å². The molecule has 2 aromatic carbocycles. The second kappa shape index (κ2) is 11.6. The lowest BCUT2D eigenvalue weighted by molar-refractivity contribution is 0.158. The fourth-order valence-corrected chi connectivity index (χ4v) is 4.73. The van der Waals surface area contributed by atoms with E-state index in [9.17, 15) is 8.78 Å². The van der Waals surface area contributed by atoms with Crippen LogP contribution in [0.1, 0.15) is 29.5 Å². The van der Waals surface area contributed by atoms with E-state index in [1.807, 2.05) is 19.3 Å². The molecule has 188 valence electrons. The zero-order valence-electron chi connectivity index (χ0n) is 20.4. The Morgan fingerprint density at radius 2 is 2.06 bits per heavy atom. The number of halogens is 2. The number of benzene rings is 2. The van der Waals surface area contributed by atoms with Crippen LogP contribution < -0.4 is 21.3 Å². The van der Waals surface area contributed by atoms with E-state index in [1.165, 1.54) is 17.2 Å². The number of aryl methyl sites for hydroxylation is 1. The van der Waals surface area contributed by atoms with Crippen LogP contribution in [0.25, 0.3) is 0 Å². The zero-order valence-corrected chi connectivity index (χ0v) is 20.4. The van der Waals surface area contributed by atoms with Crippen molar-refractivity contribution in [3.63, 3.8) is 0 Å². The van der Waals surface area contributed by atoms with Gasteiger partial charge in [-0.1, -0.05) is 24.8 Å². The first-order chi connectivity index (χ1) is 17.0. The molecule has 2 aliphatic rings. The molecule has 8 heteroatoms. The molecule has 4 rings (SSSR count). The first kappa shape index (κ1) is 25.0. The average molecular weight is 484 g/mol. The molecule has 1 fully saturated rings. The molecule has 0 saturated carbocycles. The zero-order chi connectivity index (χ0) is 24.8. The Hall–Kier alpha value is -3.10. The molecule has 0 bridgehead atoms. The van der Waals surface area contributed by atoms with Crippen molar-refractivity contribution in [1.29, 1.82) is 0 Å². The van der Waals surface area contributed by atoms with Crippen LogP contribution in [0.4, 0.5) is 14.5 Å². The number of anilines is 1. The minimum Gasteiger partial charge on any atom is -0.382 e. The van der Waals surface area contributed by atoms with E-state index in [0.717, 1.165) is 24.0 Å². The van der Waals surface area contributed by atoms with Crippen molar-refractivity contribution in [3.05, 3.63) is 89.4 Å². The summed E-state index contributed by atoms with van der Waals surface area (Å²) in [6.45, 7) is 12.4. The quantitative estimate of drug-likeness (QED) is 0.363. The monoisotopic (exact) mass is 483 g/mol. The van der Waals surface area contributed by atoms with Gasteiger partial charge in [0.05, 0.1) is 6.61 Å². The Balaban J connectivity index is 1.41. The average Bonchev–Trinajstić information content (AvgIpc) is 3.48. The number of nitrogens with zero attached hydrogens (tertiary/aromatic N) is 1. The molecule has 1 saturated heterocycles. The van der Waals surface area contributed by atoms with Gasteiger partial charge in [0.2, 0.25) is 0 Å². The normalized spacial score (nSPS) is 21.3. The predicted octanol–water partition coefficient (Wildman–Crippen LogP) is 3.99. The third kappa shape index (κ3) is 6.13. The molecule has 2 aromatic rings. The fourth-order valence-electron chi connectivity index (χ4n) is 4.73. The summed E-state index contributed by atoms with van der Waals surface area (Å²) in [7, 11) is 0. The van der Waals surface area contributed by atoms with Crippen LogP contribution in [0.15, 0.2) is 61.1 Å². The number of hydrogen-bond acceptors (Lipinski definition) is 6. The molecule has 0 aliphatic carbocycles. The summed E-state index contributed by atoms with van der Waals surface area (Å²) in [4.78, 5) is 2.17. The van der Waals surface area contributed by atoms with Crippen LogP contribution in [-0.2, 0) is 11.3 Å². The summed E-state index contributed by atoms with van der Waals surface area (Å²) in [5, 5.41) is 13.7. The van der Waals surface area contributed by atoms with Crippen LogP contribution in [0, 0.1) is 24.5 Å². The van der Waals surface area contributed by atoms with Crippen LogP contribution in [0.3, 0.4) is 0 Å². The van der Waals surface area contributed by atoms with Gasteiger partial charge in [-0.15, -0.1) is 0 Å². The van der Waals surface area contributed by atoms with Gasteiger partial charge in [-0.3, -0.25) is 0 Å². The Morgan fingerprint density at radius 1 is 1.20 bits per heavy atom. The Kier molecular flexibility index (Phi) is 8.25. The van der Waals surface area contributed by atoms with Gasteiger partial charge < -0.3 is 30.9 Å². The van der Waals surface area contributed by atoms with Crippen LogP contribution in [-0.4, -0.2) is 44.0 Å². The molecule has 0 amide bonds. The van der Waals surface area contributed by atoms with Gasteiger partial charge in [-0.25, -0.2) is 8.78 Å². The van der Waals surface area contributed by atoms with E-state index in [4.69, 9.17) is 4.74 Å². The Labute approximate surface area is 206 Å². The SMILES string of the molecule is C=C(NC1NC=CN1Cc1ccc(C)cc1NCCOCC)C1CNC[C@H]1c1ccc(F)cc1F. The second-order valence-electron chi connectivity index (χ2n) is 9.05. The first-order valence-electron chi connectivity index (χ1n) is 12.2. The third-order valence-corrected chi connectivity index (χ3v) is 6.58. The van der Waals surface area contributed by atoms with E-state index in [0.29, 0.717) is 38.4 Å². The van der Waals surface area contributed by atoms with E-state index in [2.05, 4.69) is 57.9 Å². The van der Waals surface area contributed by atoms with Crippen molar-refractivity contribution in [3.8, 4) is 0 Å². The van der Waals surface area contributed by atoms with E-state index < -0.39 is 11.6 Å². The fraction of sp³-hybridized carbons (Fsp3) is 0.407.